The Labute approximate surface area is 124 Å². The molecule has 0 aliphatic heterocycles. The van der Waals surface area contributed by atoms with Crippen molar-refractivity contribution < 1.29 is 9.90 Å². The fourth-order valence-electron chi connectivity index (χ4n) is 2.15. The second kappa shape index (κ2) is 7.45. The molecule has 0 atom stereocenters. The summed E-state index contributed by atoms with van der Waals surface area (Å²) >= 11 is 0. The first kappa shape index (κ1) is 15.1. The number of phenolic OH excluding ortho intramolecular Hbond substituents is 1. The molecule has 0 saturated carbocycles. The molecule has 2 aromatic rings. The van der Waals surface area contributed by atoms with Gasteiger partial charge in [0.15, 0.2) is 0 Å². The maximum atomic E-state index is 12.3. The van der Waals surface area contributed by atoms with Gasteiger partial charge < -0.3 is 15.7 Å². The second-order valence-electron chi connectivity index (χ2n) is 4.82. The summed E-state index contributed by atoms with van der Waals surface area (Å²) in [5.74, 6) is 0.0752. The van der Waals surface area contributed by atoms with Gasteiger partial charge in [0.25, 0.3) is 5.91 Å². The molecule has 0 unspecified atom stereocenters. The molecular formula is C17H20N2O2. The van der Waals surface area contributed by atoms with Gasteiger partial charge in [-0.25, -0.2) is 0 Å². The van der Waals surface area contributed by atoms with Crippen LogP contribution in [-0.4, -0.2) is 24.6 Å². The molecule has 1 amide bonds. The molecule has 0 radical (unpaired) electrons. The van der Waals surface area contributed by atoms with Crippen LogP contribution < -0.4 is 10.6 Å². The van der Waals surface area contributed by atoms with E-state index in [1.54, 1.807) is 18.2 Å². The number of rotatable bonds is 6. The third kappa shape index (κ3) is 4.07. The number of likely N-dealkylation sites (N-methyl/N-ethyl adjacent to an activating group) is 1. The lowest BCUT2D eigenvalue weighted by Crippen LogP contribution is -2.24. The van der Waals surface area contributed by atoms with E-state index < -0.39 is 0 Å². The van der Waals surface area contributed by atoms with Crippen LogP contribution >= 0.6 is 0 Å². The van der Waals surface area contributed by atoms with Gasteiger partial charge in [0, 0.05) is 17.7 Å². The van der Waals surface area contributed by atoms with Gasteiger partial charge in [-0.05, 0) is 37.7 Å². The highest BCUT2D eigenvalue weighted by atomic mass is 16.3. The van der Waals surface area contributed by atoms with E-state index in [2.05, 4.69) is 10.6 Å². The molecule has 2 aromatic carbocycles. The monoisotopic (exact) mass is 284 g/mol. The minimum atomic E-state index is -0.120. The first-order valence-electron chi connectivity index (χ1n) is 7.00. The molecule has 0 heterocycles. The summed E-state index contributed by atoms with van der Waals surface area (Å²) in [6, 6.07) is 14.6. The maximum Gasteiger partial charge on any atom is 0.251 e. The van der Waals surface area contributed by atoms with E-state index in [4.69, 9.17) is 0 Å². The Morgan fingerprint density at radius 2 is 1.71 bits per heavy atom. The Hall–Kier alpha value is -2.33. The Kier molecular flexibility index (Phi) is 5.35. The van der Waals surface area contributed by atoms with E-state index >= 15 is 0 Å². The standard InChI is InChI=1S/C17H20N2O2/c1-18-11-10-13-6-2-4-8-15(13)17(21)19-12-14-7-3-5-9-16(14)20/h2-9,18,20H,10-12H2,1H3,(H,19,21). The second-order valence-corrected chi connectivity index (χ2v) is 4.82. The lowest BCUT2D eigenvalue weighted by Gasteiger charge is -2.11. The van der Waals surface area contributed by atoms with Crippen LogP contribution in [0.2, 0.25) is 0 Å². The fraction of sp³-hybridized carbons (Fsp3) is 0.235. The van der Waals surface area contributed by atoms with Crippen molar-refractivity contribution in [2.45, 2.75) is 13.0 Å². The Morgan fingerprint density at radius 3 is 2.43 bits per heavy atom. The lowest BCUT2D eigenvalue weighted by atomic mass is 10.0. The van der Waals surface area contributed by atoms with Crippen molar-refractivity contribution in [1.82, 2.24) is 10.6 Å². The highest BCUT2D eigenvalue weighted by Crippen LogP contribution is 2.15. The first-order valence-corrected chi connectivity index (χ1v) is 7.00. The van der Waals surface area contributed by atoms with Crippen molar-refractivity contribution in [3.05, 3.63) is 65.2 Å². The fourth-order valence-corrected chi connectivity index (χ4v) is 2.15. The van der Waals surface area contributed by atoms with Crippen molar-refractivity contribution in [3.63, 3.8) is 0 Å². The molecule has 0 aromatic heterocycles. The van der Waals surface area contributed by atoms with E-state index in [-0.39, 0.29) is 11.7 Å². The Balaban J connectivity index is 2.05. The number of para-hydroxylation sites is 1. The zero-order valence-corrected chi connectivity index (χ0v) is 12.1. The van der Waals surface area contributed by atoms with Gasteiger partial charge in [0.1, 0.15) is 5.75 Å². The molecule has 0 saturated heterocycles. The van der Waals surface area contributed by atoms with Crippen molar-refractivity contribution in [1.29, 1.82) is 0 Å². The van der Waals surface area contributed by atoms with E-state index in [0.717, 1.165) is 18.5 Å². The van der Waals surface area contributed by atoms with Crippen LogP contribution in [0, 0.1) is 0 Å². The van der Waals surface area contributed by atoms with Gasteiger partial charge >= 0.3 is 0 Å². The van der Waals surface area contributed by atoms with E-state index in [0.29, 0.717) is 17.7 Å². The SMILES string of the molecule is CNCCc1ccccc1C(=O)NCc1ccccc1O. The molecule has 4 nitrogen and oxygen atoms in total. The molecule has 110 valence electrons. The summed E-state index contributed by atoms with van der Waals surface area (Å²) < 4.78 is 0. The minimum Gasteiger partial charge on any atom is -0.508 e. The van der Waals surface area contributed by atoms with Crippen molar-refractivity contribution in [2.75, 3.05) is 13.6 Å². The van der Waals surface area contributed by atoms with Crippen LogP contribution in [0.5, 0.6) is 5.75 Å². The van der Waals surface area contributed by atoms with Crippen LogP contribution in [0.1, 0.15) is 21.5 Å². The number of hydrogen-bond acceptors (Lipinski definition) is 3. The predicted molar refractivity (Wildman–Crippen MR) is 83.3 cm³/mol. The molecule has 0 aliphatic rings. The third-order valence-corrected chi connectivity index (χ3v) is 3.34. The molecule has 4 heteroatoms. The minimum absolute atomic E-state index is 0.120. The van der Waals surface area contributed by atoms with Crippen LogP contribution in [0.25, 0.3) is 0 Å². The normalized spacial score (nSPS) is 10.3. The average molecular weight is 284 g/mol. The van der Waals surface area contributed by atoms with Gasteiger partial charge in [-0.15, -0.1) is 0 Å². The molecule has 2 rings (SSSR count). The maximum absolute atomic E-state index is 12.3. The summed E-state index contributed by atoms with van der Waals surface area (Å²) in [5.41, 5.74) is 2.41. The number of amides is 1. The predicted octanol–water partition coefficient (Wildman–Crippen LogP) is 2.08. The van der Waals surface area contributed by atoms with Crippen LogP contribution in [-0.2, 0) is 13.0 Å². The number of hydrogen-bond donors (Lipinski definition) is 3. The van der Waals surface area contributed by atoms with Crippen molar-refractivity contribution in [2.24, 2.45) is 0 Å². The van der Waals surface area contributed by atoms with E-state index in [9.17, 15) is 9.90 Å². The van der Waals surface area contributed by atoms with Gasteiger partial charge in [-0.2, -0.15) is 0 Å². The smallest absolute Gasteiger partial charge is 0.251 e. The van der Waals surface area contributed by atoms with E-state index in [1.807, 2.05) is 37.4 Å². The number of benzene rings is 2. The molecular weight excluding hydrogens is 264 g/mol. The highest BCUT2D eigenvalue weighted by Gasteiger charge is 2.10. The topological polar surface area (TPSA) is 61.4 Å². The number of phenols is 1. The largest absolute Gasteiger partial charge is 0.508 e. The molecule has 21 heavy (non-hydrogen) atoms. The molecule has 0 fully saturated rings. The zero-order valence-electron chi connectivity index (χ0n) is 12.1. The molecule has 0 spiro atoms. The van der Waals surface area contributed by atoms with Gasteiger partial charge in [-0.1, -0.05) is 36.4 Å². The van der Waals surface area contributed by atoms with Crippen LogP contribution in [0.15, 0.2) is 48.5 Å². The number of carbonyl (C=O) groups is 1. The highest BCUT2D eigenvalue weighted by molar-refractivity contribution is 5.95. The lowest BCUT2D eigenvalue weighted by molar-refractivity contribution is 0.0950. The summed E-state index contributed by atoms with van der Waals surface area (Å²) in [4.78, 5) is 12.3. The molecule has 0 aliphatic carbocycles. The summed E-state index contributed by atoms with van der Waals surface area (Å²) in [7, 11) is 1.89. The third-order valence-electron chi connectivity index (χ3n) is 3.34. The van der Waals surface area contributed by atoms with E-state index in [1.165, 1.54) is 0 Å². The van der Waals surface area contributed by atoms with Gasteiger partial charge in [0.05, 0.1) is 0 Å². The first-order chi connectivity index (χ1) is 10.2. The average Bonchev–Trinajstić information content (AvgIpc) is 2.52. The summed E-state index contributed by atoms with van der Waals surface area (Å²) in [6.45, 7) is 1.13. The summed E-state index contributed by atoms with van der Waals surface area (Å²) in [6.07, 6.45) is 0.802. The number of carbonyl (C=O) groups excluding carboxylic acids is 1. The molecule has 0 bridgehead atoms. The van der Waals surface area contributed by atoms with Crippen molar-refractivity contribution >= 4 is 5.91 Å². The van der Waals surface area contributed by atoms with Gasteiger partial charge in [-0.3, -0.25) is 4.79 Å². The van der Waals surface area contributed by atoms with Crippen molar-refractivity contribution in [3.8, 4) is 5.75 Å². The zero-order chi connectivity index (χ0) is 15.1. The summed E-state index contributed by atoms with van der Waals surface area (Å²) in [5, 5.41) is 15.6. The Morgan fingerprint density at radius 1 is 1.05 bits per heavy atom. The van der Waals surface area contributed by atoms with Gasteiger partial charge in [0.2, 0.25) is 0 Å². The van der Waals surface area contributed by atoms with Crippen LogP contribution in [0.4, 0.5) is 0 Å². The number of aromatic hydroxyl groups is 1. The molecule has 3 N–H and O–H groups in total. The van der Waals surface area contributed by atoms with Crippen LogP contribution in [0.3, 0.4) is 0 Å². The Bertz CT molecular complexity index is 611. The quantitative estimate of drug-likeness (QED) is 0.761. The number of nitrogens with one attached hydrogen (secondary N) is 2.